The number of anilines is 1. The molecule has 28 heavy (non-hydrogen) atoms. The fourth-order valence-corrected chi connectivity index (χ4v) is 3.88. The molecule has 0 aliphatic carbocycles. The summed E-state index contributed by atoms with van der Waals surface area (Å²) in [5, 5.41) is 0. The summed E-state index contributed by atoms with van der Waals surface area (Å²) in [7, 11) is 2.08. The molecule has 0 spiro atoms. The zero-order chi connectivity index (χ0) is 19.7. The third kappa shape index (κ3) is 3.93. The first-order valence-corrected chi connectivity index (χ1v) is 9.72. The van der Waals surface area contributed by atoms with Crippen LogP contribution in [0.2, 0.25) is 0 Å². The normalized spacial score (nSPS) is 18.8. The largest absolute Gasteiger partial charge is 0.340 e. The summed E-state index contributed by atoms with van der Waals surface area (Å²) < 4.78 is 27.5. The Kier molecular flexibility index (Phi) is 5.41. The maximum Gasteiger partial charge on any atom is 0.255 e. The van der Waals surface area contributed by atoms with E-state index in [1.54, 1.807) is 6.07 Å². The third-order valence-electron chi connectivity index (χ3n) is 5.66. The Balaban J connectivity index is 1.50. The lowest BCUT2D eigenvalue weighted by Crippen LogP contribution is -2.45. The molecule has 0 radical (unpaired) electrons. The molecular weight excluding hydrogens is 364 g/mol. The van der Waals surface area contributed by atoms with Crippen molar-refractivity contribution in [3.05, 3.63) is 57.0 Å². The SMILES string of the molecule is CN1CCN(c2nc3c(c(=O)[nH]2)CCN(Cc2cccc(F)c2F)CC3)CC1. The van der Waals surface area contributed by atoms with Crippen molar-refractivity contribution in [3.63, 3.8) is 0 Å². The first-order chi connectivity index (χ1) is 13.5. The van der Waals surface area contributed by atoms with Crippen LogP contribution in [0.4, 0.5) is 14.7 Å². The molecule has 0 atom stereocenters. The maximum atomic E-state index is 14.0. The Labute approximate surface area is 162 Å². The average Bonchev–Trinajstić information content (AvgIpc) is 2.89. The second kappa shape index (κ2) is 7.97. The zero-order valence-electron chi connectivity index (χ0n) is 16.0. The third-order valence-corrected chi connectivity index (χ3v) is 5.66. The lowest BCUT2D eigenvalue weighted by molar-refractivity contribution is 0.273. The number of halogens is 2. The Bertz CT molecular complexity index is 908. The minimum Gasteiger partial charge on any atom is -0.340 e. The number of hydrogen-bond donors (Lipinski definition) is 1. The van der Waals surface area contributed by atoms with Gasteiger partial charge in [0.2, 0.25) is 5.95 Å². The lowest BCUT2D eigenvalue weighted by atomic mass is 10.1. The quantitative estimate of drug-likeness (QED) is 0.860. The van der Waals surface area contributed by atoms with Crippen molar-refractivity contribution in [3.8, 4) is 0 Å². The number of rotatable bonds is 3. The topological polar surface area (TPSA) is 55.5 Å². The van der Waals surface area contributed by atoms with E-state index in [0.717, 1.165) is 37.9 Å². The standard InChI is InChI=1S/C20H25F2N5O/c1-25-9-11-27(12-10-25)20-23-17-6-8-26(7-5-15(17)19(28)24-20)13-14-3-2-4-16(21)18(14)22/h2-4H,5-13H2,1H3,(H,23,24,28). The number of hydrogen-bond acceptors (Lipinski definition) is 5. The highest BCUT2D eigenvalue weighted by molar-refractivity contribution is 5.35. The Hall–Kier alpha value is -2.32. The van der Waals surface area contributed by atoms with Gasteiger partial charge in [0.1, 0.15) is 0 Å². The molecule has 2 aliphatic rings. The summed E-state index contributed by atoms with van der Waals surface area (Å²) in [5.74, 6) is -0.982. The van der Waals surface area contributed by atoms with Crippen LogP contribution in [0.5, 0.6) is 0 Å². The minimum atomic E-state index is -0.828. The van der Waals surface area contributed by atoms with Crippen LogP contribution >= 0.6 is 0 Å². The minimum absolute atomic E-state index is 0.0854. The fourth-order valence-electron chi connectivity index (χ4n) is 3.88. The molecule has 2 aromatic rings. The van der Waals surface area contributed by atoms with Gasteiger partial charge in [-0.3, -0.25) is 14.7 Å². The predicted molar refractivity (Wildman–Crippen MR) is 104 cm³/mol. The Morgan fingerprint density at radius 3 is 2.61 bits per heavy atom. The molecule has 0 bridgehead atoms. The molecule has 150 valence electrons. The highest BCUT2D eigenvalue weighted by Gasteiger charge is 2.22. The van der Waals surface area contributed by atoms with Crippen molar-refractivity contribution >= 4 is 5.95 Å². The summed E-state index contributed by atoms with van der Waals surface area (Å²) in [6.07, 6.45) is 1.18. The maximum absolute atomic E-state index is 14.0. The number of H-pyrrole nitrogens is 1. The second-order valence-electron chi connectivity index (χ2n) is 7.59. The van der Waals surface area contributed by atoms with Crippen molar-refractivity contribution in [2.75, 3.05) is 51.2 Å². The van der Waals surface area contributed by atoms with E-state index in [1.807, 2.05) is 0 Å². The molecular formula is C20H25F2N5O. The molecule has 3 heterocycles. The molecule has 2 aliphatic heterocycles. The van der Waals surface area contributed by atoms with Crippen molar-refractivity contribution in [1.29, 1.82) is 0 Å². The number of piperazine rings is 1. The van der Waals surface area contributed by atoms with E-state index < -0.39 is 11.6 Å². The molecule has 4 rings (SSSR count). The molecule has 1 fully saturated rings. The van der Waals surface area contributed by atoms with Crippen molar-refractivity contribution in [2.24, 2.45) is 0 Å². The van der Waals surface area contributed by atoms with Crippen LogP contribution < -0.4 is 10.5 Å². The molecule has 0 saturated carbocycles. The van der Waals surface area contributed by atoms with Crippen molar-refractivity contribution < 1.29 is 8.78 Å². The number of nitrogens with zero attached hydrogens (tertiary/aromatic N) is 4. The van der Waals surface area contributed by atoms with Gasteiger partial charge in [0, 0.05) is 63.4 Å². The summed E-state index contributed by atoms with van der Waals surface area (Å²) in [5.41, 5.74) is 1.78. The Morgan fingerprint density at radius 2 is 1.82 bits per heavy atom. The molecule has 6 nitrogen and oxygen atoms in total. The van der Waals surface area contributed by atoms with Crippen LogP contribution in [-0.4, -0.2) is 66.1 Å². The predicted octanol–water partition coefficient (Wildman–Crippen LogP) is 1.40. The number of benzene rings is 1. The highest BCUT2D eigenvalue weighted by atomic mass is 19.2. The van der Waals surface area contributed by atoms with Crippen LogP contribution in [0.15, 0.2) is 23.0 Å². The summed E-state index contributed by atoms with van der Waals surface area (Å²) in [6, 6.07) is 4.25. The number of nitrogens with one attached hydrogen (secondary N) is 1. The van der Waals surface area contributed by atoms with E-state index in [1.165, 1.54) is 6.07 Å². The number of fused-ring (bicyclic) bond motifs is 1. The lowest BCUT2D eigenvalue weighted by Gasteiger charge is -2.32. The summed E-state index contributed by atoms with van der Waals surface area (Å²) in [4.78, 5) is 26.8. The van der Waals surface area contributed by atoms with Crippen LogP contribution in [0, 0.1) is 11.6 Å². The fraction of sp³-hybridized carbons (Fsp3) is 0.500. The smallest absolute Gasteiger partial charge is 0.255 e. The van der Waals surface area contributed by atoms with E-state index in [9.17, 15) is 13.6 Å². The van der Waals surface area contributed by atoms with Gasteiger partial charge in [0.05, 0.1) is 5.69 Å². The summed E-state index contributed by atoms with van der Waals surface area (Å²) in [6.45, 7) is 5.14. The van der Waals surface area contributed by atoms with E-state index in [-0.39, 0.29) is 5.56 Å². The van der Waals surface area contributed by atoms with Crippen LogP contribution in [-0.2, 0) is 19.4 Å². The van der Waals surface area contributed by atoms with Crippen molar-refractivity contribution in [2.45, 2.75) is 19.4 Å². The molecule has 1 aromatic carbocycles. The van der Waals surface area contributed by atoms with E-state index in [0.29, 0.717) is 49.6 Å². The van der Waals surface area contributed by atoms with Crippen LogP contribution in [0.1, 0.15) is 16.8 Å². The van der Waals surface area contributed by atoms with E-state index in [2.05, 4.69) is 26.7 Å². The molecule has 8 heteroatoms. The monoisotopic (exact) mass is 389 g/mol. The van der Waals surface area contributed by atoms with Gasteiger partial charge in [-0.2, -0.15) is 0 Å². The first-order valence-electron chi connectivity index (χ1n) is 9.72. The summed E-state index contributed by atoms with van der Waals surface area (Å²) >= 11 is 0. The number of aromatic amines is 1. The van der Waals surface area contributed by atoms with E-state index >= 15 is 0 Å². The molecule has 1 aromatic heterocycles. The average molecular weight is 389 g/mol. The van der Waals surface area contributed by atoms with Gasteiger partial charge in [0.15, 0.2) is 11.6 Å². The highest BCUT2D eigenvalue weighted by Crippen LogP contribution is 2.18. The van der Waals surface area contributed by atoms with Gasteiger partial charge < -0.3 is 9.80 Å². The number of aromatic nitrogens is 2. The second-order valence-corrected chi connectivity index (χ2v) is 7.59. The van der Waals surface area contributed by atoms with Gasteiger partial charge in [-0.15, -0.1) is 0 Å². The van der Waals surface area contributed by atoms with Gasteiger partial charge in [-0.1, -0.05) is 12.1 Å². The van der Waals surface area contributed by atoms with Gasteiger partial charge in [-0.05, 0) is 19.5 Å². The van der Waals surface area contributed by atoms with Gasteiger partial charge >= 0.3 is 0 Å². The van der Waals surface area contributed by atoms with Crippen molar-refractivity contribution in [1.82, 2.24) is 19.8 Å². The van der Waals surface area contributed by atoms with E-state index in [4.69, 9.17) is 4.98 Å². The van der Waals surface area contributed by atoms with Gasteiger partial charge in [-0.25, -0.2) is 13.8 Å². The Morgan fingerprint density at radius 1 is 1.07 bits per heavy atom. The van der Waals surface area contributed by atoms with Crippen LogP contribution in [0.25, 0.3) is 0 Å². The molecule has 0 unspecified atom stereocenters. The zero-order valence-corrected chi connectivity index (χ0v) is 16.0. The first kappa shape index (κ1) is 19.0. The number of likely N-dealkylation sites (N-methyl/N-ethyl adjacent to an activating group) is 1. The van der Waals surface area contributed by atoms with Crippen LogP contribution in [0.3, 0.4) is 0 Å². The molecule has 1 N–H and O–H groups in total. The molecule has 0 amide bonds. The molecule has 1 saturated heterocycles. The van der Waals surface area contributed by atoms with Gasteiger partial charge in [0.25, 0.3) is 5.56 Å².